The third kappa shape index (κ3) is 1.50. The average Bonchev–Trinajstić information content (AvgIpc) is 2.58. The molecule has 0 aromatic carbocycles. The van der Waals surface area contributed by atoms with Crippen molar-refractivity contribution in [2.75, 3.05) is 0 Å². The Labute approximate surface area is 67.2 Å². The normalized spacial score (nSPS) is 26.5. The highest BCUT2D eigenvalue weighted by molar-refractivity contribution is 4.78. The Kier molecular flexibility index (Phi) is 2.01. The second-order valence-corrected chi connectivity index (χ2v) is 3.31. The molecule has 0 atom stereocenters. The maximum absolute atomic E-state index is 5.29. The summed E-state index contributed by atoms with van der Waals surface area (Å²) < 4.78 is 10.6. The lowest BCUT2D eigenvalue weighted by Crippen LogP contribution is -2.23. The van der Waals surface area contributed by atoms with Gasteiger partial charge in [0.1, 0.15) is 12.5 Å². The lowest BCUT2D eigenvalue weighted by Gasteiger charge is -2.25. The lowest BCUT2D eigenvalue weighted by molar-refractivity contribution is -0.0762. The smallest absolute Gasteiger partial charge is 0.242 e. The molecule has 0 N–H and O–H groups in total. The molecule has 0 radical (unpaired) electrons. The Morgan fingerprint density at radius 1 is 0.909 bits per heavy atom. The Hall–Kier alpha value is -0.660. The first kappa shape index (κ1) is 7.01. The molecular weight excluding hydrogens is 140 g/mol. The summed E-state index contributed by atoms with van der Waals surface area (Å²) in [5.41, 5.74) is 0. The second-order valence-electron chi connectivity index (χ2n) is 3.31. The van der Waals surface area contributed by atoms with Crippen molar-refractivity contribution >= 4 is 0 Å². The van der Waals surface area contributed by atoms with Gasteiger partial charge < -0.3 is 9.47 Å². The van der Waals surface area contributed by atoms with Gasteiger partial charge in [0.05, 0.1) is 0 Å². The monoisotopic (exact) mass is 154 g/mol. The Balaban J connectivity index is 1.83. The molecule has 0 aromatic rings. The maximum atomic E-state index is 5.29. The number of ether oxygens (including phenoxy) is 2. The highest BCUT2D eigenvalue weighted by Crippen LogP contribution is 2.30. The van der Waals surface area contributed by atoms with Gasteiger partial charge in [-0.05, 0) is 12.8 Å². The fourth-order valence-electron chi connectivity index (χ4n) is 1.88. The highest BCUT2D eigenvalue weighted by Gasteiger charge is 2.26. The van der Waals surface area contributed by atoms with Gasteiger partial charge in [-0.3, -0.25) is 0 Å². The number of hydrogen-bond acceptors (Lipinski definition) is 2. The van der Waals surface area contributed by atoms with E-state index in [1.165, 1.54) is 32.1 Å². The summed E-state index contributed by atoms with van der Waals surface area (Å²) >= 11 is 0. The summed E-state index contributed by atoms with van der Waals surface area (Å²) in [5, 5.41) is 0. The molecular formula is C9H14O2. The highest BCUT2D eigenvalue weighted by atomic mass is 16.7. The van der Waals surface area contributed by atoms with E-state index in [4.69, 9.17) is 9.47 Å². The Bertz CT molecular complexity index is 140. The zero-order valence-corrected chi connectivity index (χ0v) is 6.66. The van der Waals surface area contributed by atoms with E-state index >= 15 is 0 Å². The molecule has 1 saturated carbocycles. The third-order valence-corrected chi connectivity index (χ3v) is 2.52. The first-order valence-electron chi connectivity index (χ1n) is 4.43. The van der Waals surface area contributed by atoms with Crippen LogP contribution in [0, 0.1) is 5.92 Å². The van der Waals surface area contributed by atoms with Crippen molar-refractivity contribution in [3.63, 3.8) is 0 Å². The fraction of sp³-hybridized carbons (Fsp3) is 0.778. The molecule has 1 aliphatic heterocycles. The van der Waals surface area contributed by atoms with Crippen molar-refractivity contribution in [1.82, 2.24) is 0 Å². The fourth-order valence-corrected chi connectivity index (χ4v) is 1.88. The van der Waals surface area contributed by atoms with Gasteiger partial charge >= 0.3 is 0 Å². The van der Waals surface area contributed by atoms with Gasteiger partial charge in [-0.2, -0.15) is 0 Å². The van der Waals surface area contributed by atoms with E-state index in [-0.39, 0.29) is 6.29 Å². The molecule has 0 amide bonds. The minimum absolute atomic E-state index is 0.0373. The average molecular weight is 154 g/mol. The van der Waals surface area contributed by atoms with E-state index in [1.807, 2.05) is 0 Å². The van der Waals surface area contributed by atoms with Gasteiger partial charge in [-0.15, -0.1) is 0 Å². The van der Waals surface area contributed by atoms with Crippen molar-refractivity contribution in [2.45, 2.75) is 38.4 Å². The van der Waals surface area contributed by atoms with Gasteiger partial charge in [0.15, 0.2) is 0 Å². The van der Waals surface area contributed by atoms with Crippen LogP contribution < -0.4 is 0 Å². The predicted octanol–water partition coefficient (Wildman–Crippen LogP) is 2.41. The number of hydrogen-bond donors (Lipinski definition) is 0. The molecule has 0 spiro atoms. The van der Waals surface area contributed by atoms with Crippen LogP contribution in [0.5, 0.6) is 0 Å². The quantitative estimate of drug-likeness (QED) is 0.577. The van der Waals surface area contributed by atoms with Crippen molar-refractivity contribution in [1.29, 1.82) is 0 Å². The predicted molar refractivity (Wildman–Crippen MR) is 41.7 cm³/mol. The molecule has 0 saturated heterocycles. The summed E-state index contributed by atoms with van der Waals surface area (Å²) in [5.74, 6) is 0.638. The summed E-state index contributed by atoms with van der Waals surface area (Å²) in [6.07, 6.45) is 9.95. The first-order valence-corrected chi connectivity index (χ1v) is 4.43. The van der Waals surface area contributed by atoms with Gasteiger partial charge in [-0.25, -0.2) is 0 Å². The molecule has 0 unspecified atom stereocenters. The molecule has 2 rings (SSSR count). The second kappa shape index (κ2) is 3.16. The Morgan fingerprint density at radius 2 is 1.55 bits per heavy atom. The van der Waals surface area contributed by atoms with Crippen LogP contribution in [0.2, 0.25) is 0 Å². The minimum Gasteiger partial charge on any atom is -0.459 e. The summed E-state index contributed by atoms with van der Waals surface area (Å²) in [7, 11) is 0. The summed E-state index contributed by atoms with van der Waals surface area (Å²) in [6.45, 7) is 0. The van der Waals surface area contributed by atoms with E-state index in [1.54, 1.807) is 12.5 Å². The van der Waals surface area contributed by atoms with E-state index in [0.717, 1.165) is 0 Å². The van der Waals surface area contributed by atoms with Gasteiger partial charge in [0.25, 0.3) is 0 Å². The van der Waals surface area contributed by atoms with Crippen LogP contribution in [-0.2, 0) is 9.47 Å². The van der Waals surface area contributed by atoms with Crippen LogP contribution in [0.25, 0.3) is 0 Å². The largest absolute Gasteiger partial charge is 0.459 e. The van der Waals surface area contributed by atoms with E-state index in [2.05, 4.69) is 0 Å². The van der Waals surface area contributed by atoms with Crippen molar-refractivity contribution in [3.05, 3.63) is 12.5 Å². The Morgan fingerprint density at radius 3 is 2.18 bits per heavy atom. The maximum Gasteiger partial charge on any atom is 0.242 e. The van der Waals surface area contributed by atoms with Crippen LogP contribution in [-0.4, -0.2) is 6.29 Å². The molecule has 2 heteroatoms. The van der Waals surface area contributed by atoms with Gasteiger partial charge in [-0.1, -0.05) is 19.3 Å². The van der Waals surface area contributed by atoms with Crippen molar-refractivity contribution < 1.29 is 9.47 Å². The molecule has 11 heavy (non-hydrogen) atoms. The first-order chi connectivity index (χ1) is 5.47. The van der Waals surface area contributed by atoms with Crippen LogP contribution >= 0.6 is 0 Å². The van der Waals surface area contributed by atoms with Crippen molar-refractivity contribution in [2.24, 2.45) is 5.92 Å². The molecule has 1 fully saturated rings. The van der Waals surface area contributed by atoms with Gasteiger partial charge in [0, 0.05) is 5.92 Å². The summed E-state index contributed by atoms with van der Waals surface area (Å²) in [6, 6.07) is 0. The standard InChI is InChI=1S/C9H14O2/c1-2-4-8(5-3-1)9-10-6-7-11-9/h6-9H,1-5H2. The van der Waals surface area contributed by atoms with E-state index in [9.17, 15) is 0 Å². The molecule has 0 aromatic heterocycles. The van der Waals surface area contributed by atoms with Crippen LogP contribution in [0.4, 0.5) is 0 Å². The zero-order valence-electron chi connectivity index (χ0n) is 6.66. The third-order valence-electron chi connectivity index (χ3n) is 2.52. The minimum atomic E-state index is 0.0373. The van der Waals surface area contributed by atoms with E-state index in [0.29, 0.717) is 5.92 Å². The SMILES string of the molecule is C1=COC(C2CCCCC2)O1. The van der Waals surface area contributed by atoms with Crippen LogP contribution in [0.15, 0.2) is 12.5 Å². The summed E-state index contributed by atoms with van der Waals surface area (Å²) in [4.78, 5) is 0. The van der Waals surface area contributed by atoms with E-state index < -0.39 is 0 Å². The lowest BCUT2D eigenvalue weighted by atomic mass is 9.89. The number of rotatable bonds is 1. The molecule has 2 aliphatic rings. The van der Waals surface area contributed by atoms with Crippen molar-refractivity contribution in [3.8, 4) is 0 Å². The van der Waals surface area contributed by atoms with Crippen LogP contribution in [0.1, 0.15) is 32.1 Å². The zero-order chi connectivity index (χ0) is 7.52. The van der Waals surface area contributed by atoms with Crippen LogP contribution in [0.3, 0.4) is 0 Å². The van der Waals surface area contributed by atoms with Gasteiger partial charge in [0.2, 0.25) is 6.29 Å². The molecule has 62 valence electrons. The molecule has 0 bridgehead atoms. The molecule has 1 aliphatic carbocycles. The topological polar surface area (TPSA) is 18.5 Å². The molecule has 1 heterocycles. The molecule has 2 nitrogen and oxygen atoms in total.